The number of nitrogens with one attached hydrogen (secondary N) is 1. The molecular weight excluding hydrogens is 425 g/mol. The standard InChI is InChI=1S/C21H15ClFN5O3/c1-27-19-14(10-24-18(26-19)12-5-3-2-4-6-12)20(30)28(21(27)31)11-17(29)25-16-8-7-13(23)9-15(16)22/h2-10H,11H2,1H3,(H,25,29). The second-order valence-electron chi connectivity index (χ2n) is 6.70. The Morgan fingerprint density at radius 2 is 1.90 bits per heavy atom. The first kappa shape index (κ1) is 20.4. The molecule has 1 N–H and O–H groups in total. The predicted molar refractivity (Wildman–Crippen MR) is 115 cm³/mol. The Bertz CT molecular complexity index is 1430. The summed E-state index contributed by atoms with van der Waals surface area (Å²) in [5.74, 6) is -0.865. The highest BCUT2D eigenvalue weighted by atomic mass is 35.5. The number of hydrogen-bond acceptors (Lipinski definition) is 5. The van der Waals surface area contributed by atoms with Crippen LogP contribution in [0.4, 0.5) is 10.1 Å². The van der Waals surface area contributed by atoms with Crippen LogP contribution in [0.15, 0.2) is 64.3 Å². The number of hydrogen-bond donors (Lipinski definition) is 1. The van der Waals surface area contributed by atoms with E-state index in [-0.39, 0.29) is 21.7 Å². The van der Waals surface area contributed by atoms with Crippen molar-refractivity contribution in [2.75, 3.05) is 5.32 Å². The van der Waals surface area contributed by atoms with Gasteiger partial charge in [0.05, 0.1) is 10.7 Å². The van der Waals surface area contributed by atoms with E-state index in [4.69, 9.17) is 11.6 Å². The summed E-state index contributed by atoms with van der Waals surface area (Å²) in [6.45, 7) is -0.560. The Hall–Kier alpha value is -3.85. The van der Waals surface area contributed by atoms with Crippen LogP contribution in [0.1, 0.15) is 0 Å². The molecule has 4 aromatic rings. The van der Waals surface area contributed by atoms with Gasteiger partial charge in [0, 0.05) is 18.8 Å². The van der Waals surface area contributed by atoms with Gasteiger partial charge in [-0.05, 0) is 18.2 Å². The van der Waals surface area contributed by atoms with E-state index in [9.17, 15) is 18.8 Å². The highest BCUT2D eigenvalue weighted by Gasteiger charge is 2.17. The first-order chi connectivity index (χ1) is 14.8. The van der Waals surface area contributed by atoms with Crippen LogP contribution in [0.25, 0.3) is 22.4 Å². The fourth-order valence-electron chi connectivity index (χ4n) is 3.07. The third-order valence-electron chi connectivity index (χ3n) is 4.62. The topological polar surface area (TPSA) is 98.9 Å². The quantitative estimate of drug-likeness (QED) is 0.527. The lowest BCUT2D eigenvalue weighted by Gasteiger charge is -2.11. The van der Waals surface area contributed by atoms with Crippen LogP contribution in [-0.2, 0) is 18.4 Å². The van der Waals surface area contributed by atoms with Crippen molar-refractivity contribution < 1.29 is 9.18 Å². The molecule has 0 aliphatic rings. The fourth-order valence-corrected chi connectivity index (χ4v) is 3.29. The second-order valence-corrected chi connectivity index (χ2v) is 7.11. The summed E-state index contributed by atoms with van der Waals surface area (Å²) in [6.07, 6.45) is 1.33. The van der Waals surface area contributed by atoms with E-state index in [0.717, 1.165) is 22.3 Å². The molecule has 4 rings (SSSR count). The van der Waals surface area contributed by atoms with E-state index in [1.807, 2.05) is 30.3 Å². The lowest BCUT2D eigenvalue weighted by Crippen LogP contribution is -2.42. The zero-order chi connectivity index (χ0) is 22.1. The molecule has 0 saturated carbocycles. The molecule has 0 bridgehead atoms. The smallest absolute Gasteiger partial charge is 0.323 e. The summed E-state index contributed by atoms with van der Waals surface area (Å²) in [7, 11) is 1.46. The van der Waals surface area contributed by atoms with Crippen molar-refractivity contribution in [2.45, 2.75) is 6.54 Å². The molecule has 1 amide bonds. The van der Waals surface area contributed by atoms with Crippen LogP contribution in [0.2, 0.25) is 5.02 Å². The lowest BCUT2D eigenvalue weighted by atomic mass is 10.2. The normalized spacial score (nSPS) is 10.9. The monoisotopic (exact) mass is 439 g/mol. The third kappa shape index (κ3) is 3.95. The molecule has 0 aliphatic carbocycles. The van der Waals surface area contributed by atoms with Crippen LogP contribution in [-0.4, -0.2) is 25.0 Å². The van der Waals surface area contributed by atoms with Crippen molar-refractivity contribution in [3.05, 3.63) is 86.4 Å². The number of anilines is 1. The summed E-state index contributed by atoms with van der Waals surface area (Å²) in [5, 5.41) is 2.55. The summed E-state index contributed by atoms with van der Waals surface area (Å²) < 4.78 is 15.1. The van der Waals surface area contributed by atoms with Crippen LogP contribution >= 0.6 is 11.6 Å². The predicted octanol–water partition coefficient (Wildman–Crippen LogP) is 2.59. The van der Waals surface area contributed by atoms with Crippen molar-refractivity contribution >= 4 is 34.2 Å². The second kappa shape index (κ2) is 8.11. The number of rotatable bonds is 4. The van der Waals surface area contributed by atoms with Gasteiger partial charge in [-0.25, -0.2) is 19.2 Å². The molecule has 0 unspecified atom stereocenters. The van der Waals surface area contributed by atoms with Crippen LogP contribution in [0.3, 0.4) is 0 Å². The van der Waals surface area contributed by atoms with Gasteiger partial charge < -0.3 is 5.32 Å². The Balaban J connectivity index is 1.71. The molecule has 8 nitrogen and oxygen atoms in total. The summed E-state index contributed by atoms with van der Waals surface area (Å²) in [4.78, 5) is 46.6. The van der Waals surface area contributed by atoms with Crippen LogP contribution < -0.4 is 16.6 Å². The minimum Gasteiger partial charge on any atom is -0.323 e. The number of amides is 1. The molecule has 0 fully saturated rings. The highest BCUT2D eigenvalue weighted by Crippen LogP contribution is 2.22. The maximum Gasteiger partial charge on any atom is 0.332 e. The molecular formula is C21H15ClFN5O3. The van der Waals surface area contributed by atoms with E-state index in [2.05, 4.69) is 15.3 Å². The summed E-state index contributed by atoms with van der Waals surface area (Å²) >= 11 is 5.90. The Kier molecular flexibility index (Phi) is 5.35. The molecule has 0 radical (unpaired) electrons. The maximum absolute atomic E-state index is 13.2. The van der Waals surface area contributed by atoms with E-state index in [0.29, 0.717) is 5.82 Å². The average Bonchev–Trinajstić information content (AvgIpc) is 2.77. The van der Waals surface area contributed by atoms with Gasteiger partial charge in [-0.3, -0.25) is 18.7 Å². The molecule has 2 aromatic heterocycles. The van der Waals surface area contributed by atoms with Gasteiger partial charge in [0.1, 0.15) is 17.7 Å². The molecule has 0 saturated heterocycles. The largest absolute Gasteiger partial charge is 0.332 e. The van der Waals surface area contributed by atoms with Gasteiger partial charge in [0.2, 0.25) is 5.91 Å². The Morgan fingerprint density at radius 3 is 2.61 bits per heavy atom. The number of carbonyl (C=O) groups is 1. The molecule has 156 valence electrons. The average molecular weight is 440 g/mol. The number of carbonyl (C=O) groups excluding carboxylic acids is 1. The summed E-state index contributed by atoms with van der Waals surface area (Å²) in [6, 6.07) is 12.6. The number of nitrogens with zero attached hydrogens (tertiary/aromatic N) is 4. The number of halogens is 2. The van der Waals surface area contributed by atoms with Crippen molar-refractivity contribution in [1.29, 1.82) is 0 Å². The zero-order valence-corrected chi connectivity index (χ0v) is 16.9. The zero-order valence-electron chi connectivity index (χ0n) is 16.2. The van der Waals surface area contributed by atoms with E-state index in [1.54, 1.807) is 0 Å². The van der Waals surface area contributed by atoms with Gasteiger partial charge in [0.15, 0.2) is 11.5 Å². The van der Waals surface area contributed by atoms with Crippen LogP contribution in [0.5, 0.6) is 0 Å². The molecule has 2 heterocycles. The molecule has 31 heavy (non-hydrogen) atoms. The SMILES string of the molecule is Cn1c(=O)n(CC(=O)Nc2ccc(F)cc2Cl)c(=O)c2cnc(-c3ccccc3)nc21. The van der Waals surface area contributed by atoms with E-state index in [1.165, 1.54) is 23.9 Å². The lowest BCUT2D eigenvalue weighted by molar-refractivity contribution is -0.116. The molecule has 0 spiro atoms. The van der Waals surface area contributed by atoms with Crippen LogP contribution in [0, 0.1) is 5.82 Å². The van der Waals surface area contributed by atoms with E-state index < -0.39 is 29.5 Å². The number of aromatic nitrogens is 4. The van der Waals surface area contributed by atoms with Crippen molar-refractivity contribution in [3.8, 4) is 11.4 Å². The number of aryl methyl sites for hydroxylation is 1. The minimum atomic E-state index is -0.712. The van der Waals surface area contributed by atoms with Crippen molar-refractivity contribution in [2.24, 2.45) is 7.05 Å². The number of benzene rings is 2. The summed E-state index contributed by atoms with van der Waals surface area (Å²) in [5.41, 5.74) is -0.359. The molecule has 0 aliphatic heterocycles. The van der Waals surface area contributed by atoms with Gasteiger partial charge in [-0.2, -0.15) is 0 Å². The van der Waals surface area contributed by atoms with Gasteiger partial charge in [0.25, 0.3) is 5.56 Å². The highest BCUT2D eigenvalue weighted by molar-refractivity contribution is 6.33. The molecule has 10 heteroatoms. The van der Waals surface area contributed by atoms with E-state index >= 15 is 0 Å². The molecule has 0 atom stereocenters. The first-order valence-electron chi connectivity index (χ1n) is 9.12. The third-order valence-corrected chi connectivity index (χ3v) is 4.93. The van der Waals surface area contributed by atoms with Gasteiger partial charge in [-0.1, -0.05) is 41.9 Å². The van der Waals surface area contributed by atoms with Gasteiger partial charge in [-0.15, -0.1) is 0 Å². The number of fused-ring (bicyclic) bond motifs is 1. The Labute approximate surface area is 179 Å². The molecule has 2 aromatic carbocycles. The fraction of sp³-hybridized carbons (Fsp3) is 0.0952. The Morgan fingerprint density at radius 1 is 1.16 bits per heavy atom. The van der Waals surface area contributed by atoms with Crippen molar-refractivity contribution in [1.82, 2.24) is 19.1 Å². The maximum atomic E-state index is 13.2. The first-order valence-corrected chi connectivity index (χ1v) is 9.50. The minimum absolute atomic E-state index is 0.00560. The van der Waals surface area contributed by atoms with Gasteiger partial charge >= 0.3 is 5.69 Å². The van der Waals surface area contributed by atoms with Crippen molar-refractivity contribution in [3.63, 3.8) is 0 Å².